The minimum Gasteiger partial charge on any atom is -0.352 e. The molecule has 3 rings (SSSR count). The third-order valence-corrected chi connectivity index (χ3v) is 4.43. The molecule has 1 saturated heterocycles. The van der Waals surface area contributed by atoms with Crippen LogP contribution < -0.4 is 5.32 Å². The molecule has 6 heteroatoms. The number of aliphatic imine (C=N–C) groups is 1. The number of benzene rings is 1. The Balaban J connectivity index is 0.00000208. The van der Waals surface area contributed by atoms with Crippen molar-refractivity contribution in [1.82, 2.24) is 20.0 Å². The first-order valence-electron chi connectivity index (χ1n) is 8.15. The van der Waals surface area contributed by atoms with E-state index < -0.39 is 0 Å². The molecule has 2 aromatic rings. The molecular formula is C18H26IN5. The normalized spacial score (nSPS) is 17.7. The Bertz CT molecular complexity index is 694. The smallest absolute Gasteiger partial charge is 0.193 e. The summed E-state index contributed by atoms with van der Waals surface area (Å²) >= 11 is 0. The number of halogens is 1. The number of likely N-dealkylation sites (tertiary alicyclic amines) is 1. The van der Waals surface area contributed by atoms with E-state index in [9.17, 15) is 0 Å². The summed E-state index contributed by atoms with van der Waals surface area (Å²) in [6.45, 7) is 4.96. The van der Waals surface area contributed by atoms with Gasteiger partial charge >= 0.3 is 0 Å². The molecule has 2 heterocycles. The van der Waals surface area contributed by atoms with Gasteiger partial charge in [-0.15, -0.1) is 24.0 Å². The molecule has 0 saturated carbocycles. The van der Waals surface area contributed by atoms with Gasteiger partial charge in [-0.05, 0) is 24.5 Å². The molecule has 1 fully saturated rings. The first-order chi connectivity index (χ1) is 11.2. The molecule has 130 valence electrons. The van der Waals surface area contributed by atoms with Gasteiger partial charge in [0.15, 0.2) is 5.96 Å². The van der Waals surface area contributed by atoms with Gasteiger partial charge in [-0.1, -0.05) is 29.8 Å². The zero-order chi connectivity index (χ0) is 16.2. The minimum absolute atomic E-state index is 0. The average Bonchev–Trinajstić information content (AvgIpc) is 3.17. The Morgan fingerprint density at radius 2 is 2.25 bits per heavy atom. The molecule has 0 amide bonds. The lowest BCUT2D eigenvalue weighted by Gasteiger charge is -2.21. The Labute approximate surface area is 161 Å². The molecule has 1 N–H and O–H groups in total. The van der Waals surface area contributed by atoms with Crippen LogP contribution in [-0.4, -0.2) is 40.8 Å². The molecule has 0 spiro atoms. The summed E-state index contributed by atoms with van der Waals surface area (Å²) in [5.74, 6) is 1.53. The van der Waals surface area contributed by atoms with E-state index in [2.05, 4.69) is 57.7 Å². The van der Waals surface area contributed by atoms with Gasteiger partial charge in [-0.3, -0.25) is 9.67 Å². The fourth-order valence-corrected chi connectivity index (χ4v) is 3.21. The van der Waals surface area contributed by atoms with Crippen molar-refractivity contribution >= 4 is 29.9 Å². The number of nitrogens with zero attached hydrogens (tertiary/aromatic N) is 4. The number of guanidine groups is 1. The van der Waals surface area contributed by atoms with Crippen LogP contribution in [0.25, 0.3) is 0 Å². The largest absolute Gasteiger partial charge is 0.352 e. The highest BCUT2D eigenvalue weighted by atomic mass is 127. The third-order valence-electron chi connectivity index (χ3n) is 4.43. The monoisotopic (exact) mass is 439 g/mol. The zero-order valence-electron chi connectivity index (χ0n) is 14.6. The van der Waals surface area contributed by atoms with E-state index >= 15 is 0 Å². The average molecular weight is 439 g/mol. The van der Waals surface area contributed by atoms with Crippen LogP contribution in [0.2, 0.25) is 0 Å². The standard InChI is InChI=1S/C18H25N5.HI/c1-14-5-4-6-15(9-14)10-20-18(19-2)23-8-7-16(13-23)17-11-21-22(3)12-17;/h4-6,9,11-12,16H,7-8,10,13H2,1-3H3,(H,19,20);1H. The van der Waals surface area contributed by atoms with E-state index in [4.69, 9.17) is 0 Å². The lowest BCUT2D eigenvalue weighted by Crippen LogP contribution is -2.39. The number of rotatable bonds is 3. The highest BCUT2D eigenvalue weighted by molar-refractivity contribution is 14.0. The number of hydrogen-bond donors (Lipinski definition) is 1. The Kier molecular flexibility index (Phi) is 6.65. The van der Waals surface area contributed by atoms with Gasteiger partial charge in [0.05, 0.1) is 6.20 Å². The third kappa shape index (κ3) is 4.49. The number of aromatic nitrogens is 2. The summed E-state index contributed by atoms with van der Waals surface area (Å²) in [7, 11) is 3.83. The highest BCUT2D eigenvalue weighted by Crippen LogP contribution is 2.26. The maximum absolute atomic E-state index is 4.45. The van der Waals surface area contributed by atoms with Crippen molar-refractivity contribution < 1.29 is 0 Å². The SMILES string of the molecule is CN=C(NCc1cccc(C)c1)N1CCC(c2cnn(C)c2)C1.I. The topological polar surface area (TPSA) is 45.5 Å². The first-order valence-corrected chi connectivity index (χ1v) is 8.15. The second-order valence-electron chi connectivity index (χ2n) is 6.27. The Morgan fingerprint density at radius 3 is 2.92 bits per heavy atom. The summed E-state index contributed by atoms with van der Waals surface area (Å²) in [6, 6.07) is 8.58. The quantitative estimate of drug-likeness (QED) is 0.455. The molecule has 5 nitrogen and oxygen atoms in total. The number of aryl methyl sites for hydroxylation is 2. The second-order valence-corrected chi connectivity index (χ2v) is 6.27. The minimum atomic E-state index is 0. The number of hydrogen-bond acceptors (Lipinski definition) is 2. The molecule has 1 aliphatic rings. The molecule has 24 heavy (non-hydrogen) atoms. The van der Waals surface area contributed by atoms with Crippen molar-refractivity contribution in [3.05, 3.63) is 53.3 Å². The summed E-state index contributed by atoms with van der Waals surface area (Å²) in [5.41, 5.74) is 3.90. The zero-order valence-corrected chi connectivity index (χ0v) is 16.9. The van der Waals surface area contributed by atoms with Gasteiger partial charge in [-0.2, -0.15) is 5.10 Å². The molecule has 0 aliphatic carbocycles. The lowest BCUT2D eigenvalue weighted by atomic mass is 10.0. The van der Waals surface area contributed by atoms with Gasteiger partial charge in [0.1, 0.15) is 0 Å². The lowest BCUT2D eigenvalue weighted by molar-refractivity contribution is 0.486. The first kappa shape index (κ1) is 18.8. The van der Waals surface area contributed by atoms with Crippen molar-refractivity contribution in [2.75, 3.05) is 20.1 Å². The van der Waals surface area contributed by atoms with E-state index in [0.29, 0.717) is 5.92 Å². The predicted molar refractivity (Wildman–Crippen MR) is 109 cm³/mol. The van der Waals surface area contributed by atoms with Gasteiger partial charge in [0.2, 0.25) is 0 Å². The number of nitrogens with one attached hydrogen (secondary N) is 1. The van der Waals surface area contributed by atoms with E-state index in [1.807, 2.05) is 25.0 Å². The Morgan fingerprint density at radius 1 is 1.42 bits per heavy atom. The van der Waals surface area contributed by atoms with E-state index in [0.717, 1.165) is 32.0 Å². The summed E-state index contributed by atoms with van der Waals surface area (Å²) in [5, 5.41) is 7.77. The maximum atomic E-state index is 4.45. The van der Waals surface area contributed by atoms with Crippen molar-refractivity contribution in [3.8, 4) is 0 Å². The van der Waals surface area contributed by atoms with Crippen LogP contribution in [0.3, 0.4) is 0 Å². The Hall–Kier alpha value is -1.57. The van der Waals surface area contributed by atoms with Crippen LogP contribution >= 0.6 is 24.0 Å². The van der Waals surface area contributed by atoms with Crippen LogP contribution in [0.1, 0.15) is 29.0 Å². The van der Waals surface area contributed by atoms with Crippen molar-refractivity contribution in [2.24, 2.45) is 12.0 Å². The van der Waals surface area contributed by atoms with Crippen LogP contribution in [0.5, 0.6) is 0 Å². The summed E-state index contributed by atoms with van der Waals surface area (Å²) in [4.78, 5) is 6.79. The van der Waals surface area contributed by atoms with E-state index in [1.54, 1.807) is 0 Å². The van der Waals surface area contributed by atoms with Gasteiger partial charge in [-0.25, -0.2) is 0 Å². The predicted octanol–water partition coefficient (Wildman–Crippen LogP) is 2.91. The molecule has 1 aromatic heterocycles. The fourth-order valence-electron chi connectivity index (χ4n) is 3.21. The summed E-state index contributed by atoms with van der Waals surface area (Å²) < 4.78 is 1.88. The van der Waals surface area contributed by atoms with Crippen LogP contribution in [-0.2, 0) is 13.6 Å². The molecule has 1 unspecified atom stereocenters. The van der Waals surface area contributed by atoms with Gasteiger partial charge < -0.3 is 10.2 Å². The molecule has 1 aromatic carbocycles. The van der Waals surface area contributed by atoms with Crippen molar-refractivity contribution in [3.63, 3.8) is 0 Å². The van der Waals surface area contributed by atoms with Crippen LogP contribution in [0.4, 0.5) is 0 Å². The molecule has 0 radical (unpaired) electrons. The van der Waals surface area contributed by atoms with E-state index in [1.165, 1.54) is 16.7 Å². The highest BCUT2D eigenvalue weighted by Gasteiger charge is 2.26. The molecule has 1 aliphatic heterocycles. The van der Waals surface area contributed by atoms with Crippen molar-refractivity contribution in [1.29, 1.82) is 0 Å². The van der Waals surface area contributed by atoms with E-state index in [-0.39, 0.29) is 24.0 Å². The second kappa shape index (κ2) is 8.50. The molecule has 0 bridgehead atoms. The fraction of sp³-hybridized carbons (Fsp3) is 0.444. The molecule has 1 atom stereocenters. The van der Waals surface area contributed by atoms with Gasteiger partial charge in [0, 0.05) is 45.8 Å². The molecular weight excluding hydrogens is 413 g/mol. The van der Waals surface area contributed by atoms with Crippen LogP contribution in [0.15, 0.2) is 41.7 Å². The van der Waals surface area contributed by atoms with Crippen LogP contribution in [0, 0.1) is 6.92 Å². The van der Waals surface area contributed by atoms with Gasteiger partial charge in [0.25, 0.3) is 0 Å². The summed E-state index contributed by atoms with van der Waals surface area (Å²) in [6.07, 6.45) is 5.26. The van der Waals surface area contributed by atoms with Crippen molar-refractivity contribution in [2.45, 2.75) is 25.8 Å². The maximum Gasteiger partial charge on any atom is 0.193 e.